The first-order chi connectivity index (χ1) is 8.24. The van der Waals surface area contributed by atoms with Crippen molar-refractivity contribution >= 4 is 40.9 Å². The molecule has 0 aliphatic heterocycles. The van der Waals surface area contributed by atoms with Crippen LogP contribution < -0.4 is 5.73 Å². The lowest BCUT2D eigenvalue weighted by molar-refractivity contribution is 1.02. The minimum atomic E-state index is 0. The summed E-state index contributed by atoms with van der Waals surface area (Å²) in [6.07, 6.45) is 3.57. The van der Waals surface area contributed by atoms with Gasteiger partial charge in [-0.15, -0.1) is 12.4 Å². The van der Waals surface area contributed by atoms with Gasteiger partial charge in [0.2, 0.25) is 5.95 Å². The Bertz CT molecular complexity index is 693. The van der Waals surface area contributed by atoms with Gasteiger partial charge in [-0.1, -0.05) is 17.7 Å². The van der Waals surface area contributed by atoms with E-state index in [0.717, 1.165) is 16.7 Å². The fourth-order valence-corrected chi connectivity index (χ4v) is 1.97. The van der Waals surface area contributed by atoms with Crippen molar-refractivity contribution in [3.05, 3.63) is 47.7 Å². The van der Waals surface area contributed by atoms with Gasteiger partial charge in [0.05, 0.1) is 5.52 Å². The second-order valence-electron chi connectivity index (χ2n) is 3.66. The van der Waals surface area contributed by atoms with Crippen LogP contribution in [0.5, 0.6) is 0 Å². The Hall–Kier alpha value is -1.78. The third kappa shape index (κ3) is 2.12. The Balaban J connectivity index is 0.00000120. The second-order valence-corrected chi connectivity index (χ2v) is 4.10. The number of benzene rings is 1. The van der Waals surface area contributed by atoms with Crippen molar-refractivity contribution in [1.29, 1.82) is 0 Å². The first kappa shape index (κ1) is 12.7. The van der Waals surface area contributed by atoms with Crippen molar-refractivity contribution in [2.75, 3.05) is 5.73 Å². The molecule has 3 rings (SSSR count). The molecule has 0 bridgehead atoms. The van der Waals surface area contributed by atoms with Crippen LogP contribution in [-0.4, -0.2) is 14.5 Å². The van der Waals surface area contributed by atoms with Gasteiger partial charge in [-0.25, -0.2) is 4.98 Å². The molecule has 3 aromatic rings. The van der Waals surface area contributed by atoms with E-state index in [9.17, 15) is 0 Å². The van der Waals surface area contributed by atoms with Gasteiger partial charge in [0, 0.05) is 22.8 Å². The SMILES string of the molecule is Cl.Nc1nccc(-n2ccc3ccc(Cl)cc32)n1. The molecule has 2 heterocycles. The maximum atomic E-state index is 6.00. The second kappa shape index (κ2) is 4.84. The Labute approximate surface area is 115 Å². The number of hydrogen-bond acceptors (Lipinski definition) is 3. The molecule has 0 spiro atoms. The molecule has 18 heavy (non-hydrogen) atoms. The number of anilines is 1. The third-order valence-electron chi connectivity index (χ3n) is 2.56. The molecule has 0 aliphatic rings. The van der Waals surface area contributed by atoms with Crippen molar-refractivity contribution in [2.45, 2.75) is 0 Å². The van der Waals surface area contributed by atoms with E-state index in [-0.39, 0.29) is 18.4 Å². The molecular weight excluding hydrogens is 271 g/mol. The Morgan fingerprint density at radius 2 is 2.00 bits per heavy atom. The summed E-state index contributed by atoms with van der Waals surface area (Å²) in [5, 5.41) is 1.80. The molecule has 0 aliphatic carbocycles. The van der Waals surface area contributed by atoms with Crippen LogP contribution in [0.1, 0.15) is 0 Å². The van der Waals surface area contributed by atoms with E-state index in [1.165, 1.54) is 0 Å². The molecule has 0 atom stereocenters. The zero-order valence-corrected chi connectivity index (χ0v) is 10.8. The average Bonchev–Trinajstić information content (AvgIpc) is 2.71. The van der Waals surface area contributed by atoms with Crippen molar-refractivity contribution in [1.82, 2.24) is 14.5 Å². The van der Waals surface area contributed by atoms with Gasteiger partial charge < -0.3 is 10.3 Å². The quantitative estimate of drug-likeness (QED) is 0.745. The number of hydrogen-bond donors (Lipinski definition) is 1. The zero-order valence-electron chi connectivity index (χ0n) is 9.25. The molecule has 0 saturated heterocycles. The number of nitrogens with two attached hydrogens (primary N) is 1. The molecule has 1 aromatic carbocycles. The molecule has 0 amide bonds. The molecular formula is C12H10Cl2N4. The van der Waals surface area contributed by atoms with Gasteiger partial charge in [0.1, 0.15) is 5.82 Å². The van der Waals surface area contributed by atoms with E-state index in [1.807, 2.05) is 35.0 Å². The van der Waals surface area contributed by atoms with Gasteiger partial charge in [0.25, 0.3) is 0 Å². The van der Waals surface area contributed by atoms with Crippen molar-refractivity contribution in [3.63, 3.8) is 0 Å². The summed E-state index contributed by atoms with van der Waals surface area (Å²) >= 11 is 6.00. The van der Waals surface area contributed by atoms with E-state index in [2.05, 4.69) is 9.97 Å². The van der Waals surface area contributed by atoms with Crippen LogP contribution in [0.25, 0.3) is 16.7 Å². The summed E-state index contributed by atoms with van der Waals surface area (Å²) < 4.78 is 1.93. The Morgan fingerprint density at radius 1 is 1.17 bits per heavy atom. The van der Waals surface area contributed by atoms with Gasteiger partial charge in [0.15, 0.2) is 0 Å². The predicted molar refractivity (Wildman–Crippen MR) is 75.5 cm³/mol. The topological polar surface area (TPSA) is 56.7 Å². The third-order valence-corrected chi connectivity index (χ3v) is 2.80. The lowest BCUT2D eigenvalue weighted by Crippen LogP contribution is -2.00. The number of nitrogens with zero attached hydrogens (tertiary/aromatic N) is 3. The molecule has 2 aromatic heterocycles. The first-order valence-electron chi connectivity index (χ1n) is 5.09. The first-order valence-corrected chi connectivity index (χ1v) is 5.47. The van der Waals surface area contributed by atoms with E-state index in [4.69, 9.17) is 17.3 Å². The number of nitrogen functional groups attached to an aromatic ring is 1. The zero-order chi connectivity index (χ0) is 11.8. The summed E-state index contributed by atoms with van der Waals surface area (Å²) in [6, 6.07) is 9.54. The molecule has 0 saturated carbocycles. The van der Waals surface area contributed by atoms with E-state index in [1.54, 1.807) is 12.3 Å². The highest BCUT2D eigenvalue weighted by Crippen LogP contribution is 2.22. The molecule has 0 fully saturated rings. The maximum absolute atomic E-state index is 6.00. The summed E-state index contributed by atoms with van der Waals surface area (Å²) in [5.41, 5.74) is 6.57. The molecule has 2 N–H and O–H groups in total. The highest BCUT2D eigenvalue weighted by atomic mass is 35.5. The van der Waals surface area contributed by atoms with Crippen LogP contribution in [0.4, 0.5) is 5.95 Å². The highest BCUT2D eigenvalue weighted by Gasteiger charge is 2.05. The van der Waals surface area contributed by atoms with Crippen LogP contribution in [0.3, 0.4) is 0 Å². The van der Waals surface area contributed by atoms with Gasteiger partial charge in [-0.05, 0) is 24.3 Å². The van der Waals surface area contributed by atoms with Gasteiger partial charge in [-0.2, -0.15) is 4.98 Å². The van der Waals surface area contributed by atoms with Gasteiger partial charge >= 0.3 is 0 Å². The smallest absolute Gasteiger partial charge is 0.221 e. The molecule has 0 unspecified atom stereocenters. The van der Waals surface area contributed by atoms with Crippen LogP contribution in [0.15, 0.2) is 42.7 Å². The normalized spacial score (nSPS) is 10.3. The number of halogens is 2. The Morgan fingerprint density at radius 3 is 2.78 bits per heavy atom. The fourth-order valence-electron chi connectivity index (χ4n) is 1.80. The number of rotatable bonds is 1. The number of fused-ring (bicyclic) bond motifs is 1. The molecule has 6 heteroatoms. The highest BCUT2D eigenvalue weighted by molar-refractivity contribution is 6.31. The number of aromatic nitrogens is 3. The van der Waals surface area contributed by atoms with E-state index in [0.29, 0.717) is 5.02 Å². The van der Waals surface area contributed by atoms with Crippen molar-refractivity contribution < 1.29 is 0 Å². The standard InChI is InChI=1S/C12H9ClN4.ClH/c13-9-2-1-8-4-6-17(10(8)7-9)11-3-5-15-12(14)16-11;/h1-7H,(H2,14,15,16);1H. The fraction of sp³-hybridized carbons (Fsp3) is 0. The summed E-state index contributed by atoms with van der Waals surface area (Å²) in [4.78, 5) is 8.06. The van der Waals surface area contributed by atoms with Gasteiger partial charge in [-0.3, -0.25) is 0 Å². The predicted octanol–water partition coefficient (Wildman–Crippen LogP) is 3.08. The molecule has 92 valence electrons. The van der Waals surface area contributed by atoms with Crippen LogP contribution >= 0.6 is 24.0 Å². The Kier molecular flexibility index (Phi) is 3.41. The van der Waals surface area contributed by atoms with E-state index < -0.39 is 0 Å². The largest absolute Gasteiger partial charge is 0.368 e. The van der Waals surface area contributed by atoms with Crippen LogP contribution in [-0.2, 0) is 0 Å². The molecule has 0 radical (unpaired) electrons. The summed E-state index contributed by atoms with van der Waals surface area (Å²) in [6.45, 7) is 0. The maximum Gasteiger partial charge on any atom is 0.221 e. The van der Waals surface area contributed by atoms with E-state index >= 15 is 0 Å². The van der Waals surface area contributed by atoms with Crippen LogP contribution in [0.2, 0.25) is 5.02 Å². The minimum absolute atomic E-state index is 0. The lowest BCUT2D eigenvalue weighted by Gasteiger charge is -2.04. The average molecular weight is 281 g/mol. The lowest BCUT2D eigenvalue weighted by atomic mass is 10.2. The molecule has 4 nitrogen and oxygen atoms in total. The minimum Gasteiger partial charge on any atom is -0.368 e. The summed E-state index contributed by atoms with van der Waals surface area (Å²) in [5.74, 6) is 0.987. The van der Waals surface area contributed by atoms with Crippen molar-refractivity contribution in [2.24, 2.45) is 0 Å². The summed E-state index contributed by atoms with van der Waals surface area (Å²) in [7, 11) is 0. The van der Waals surface area contributed by atoms with Crippen LogP contribution in [0, 0.1) is 0 Å². The van der Waals surface area contributed by atoms with Crippen molar-refractivity contribution in [3.8, 4) is 5.82 Å². The monoisotopic (exact) mass is 280 g/mol.